The standard InChI is InChI=1S/C7H7N3S/c1-11-10-7-4-6(5-8)2-3-9-7/h2-4H,1H3,(H,9,10). The highest BCUT2D eigenvalue weighted by molar-refractivity contribution is 7.99. The Labute approximate surface area is 69.6 Å². The molecule has 0 amide bonds. The summed E-state index contributed by atoms with van der Waals surface area (Å²) in [7, 11) is 0. The lowest BCUT2D eigenvalue weighted by molar-refractivity contribution is 1.32. The van der Waals surface area contributed by atoms with Gasteiger partial charge in [-0.25, -0.2) is 4.98 Å². The molecule has 1 aromatic rings. The van der Waals surface area contributed by atoms with Gasteiger partial charge in [-0.05, 0) is 12.1 Å². The molecule has 0 aliphatic rings. The topological polar surface area (TPSA) is 48.7 Å². The second-order valence-corrected chi connectivity index (χ2v) is 2.46. The summed E-state index contributed by atoms with van der Waals surface area (Å²) in [6.45, 7) is 0. The van der Waals surface area contributed by atoms with Gasteiger partial charge in [0.25, 0.3) is 0 Å². The van der Waals surface area contributed by atoms with E-state index in [1.165, 1.54) is 11.9 Å². The highest BCUT2D eigenvalue weighted by atomic mass is 32.2. The van der Waals surface area contributed by atoms with Crippen molar-refractivity contribution in [2.24, 2.45) is 0 Å². The average Bonchev–Trinajstić information content (AvgIpc) is 2.06. The number of hydrogen-bond donors (Lipinski definition) is 1. The van der Waals surface area contributed by atoms with Crippen LogP contribution in [0.2, 0.25) is 0 Å². The highest BCUT2D eigenvalue weighted by Crippen LogP contribution is 2.08. The predicted octanol–water partition coefficient (Wildman–Crippen LogP) is 1.64. The molecule has 56 valence electrons. The second-order valence-electron chi connectivity index (χ2n) is 1.85. The molecule has 0 bridgehead atoms. The van der Waals surface area contributed by atoms with Crippen molar-refractivity contribution in [3.63, 3.8) is 0 Å². The van der Waals surface area contributed by atoms with Crippen LogP contribution in [0.25, 0.3) is 0 Å². The number of pyridine rings is 1. The van der Waals surface area contributed by atoms with Crippen LogP contribution in [0.1, 0.15) is 5.56 Å². The molecule has 0 radical (unpaired) electrons. The smallest absolute Gasteiger partial charge is 0.137 e. The molecule has 4 heteroatoms. The molecule has 0 saturated heterocycles. The second kappa shape index (κ2) is 3.84. The first-order valence-corrected chi connectivity index (χ1v) is 4.24. The SMILES string of the molecule is CSNc1cc(C#N)ccn1. The van der Waals surface area contributed by atoms with Crippen molar-refractivity contribution in [2.45, 2.75) is 0 Å². The maximum atomic E-state index is 8.52. The average molecular weight is 165 g/mol. The van der Waals surface area contributed by atoms with Gasteiger partial charge in [0, 0.05) is 12.5 Å². The molecule has 1 rings (SSSR count). The lowest BCUT2D eigenvalue weighted by Crippen LogP contribution is -1.88. The van der Waals surface area contributed by atoms with Gasteiger partial charge in [0.15, 0.2) is 0 Å². The largest absolute Gasteiger partial charge is 0.315 e. The molecule has 1 aromatic heterocycles. The maximum Gasteiger partial charge on any atom is 0.137 e. The van der Waals surface area contributed by atoms with Gasteiger partial charge in [0.1, 0.15) is 5.82 Å². The molecule has 3 nitrogen and oxygen atoms in total. The van der Waals surface area contributed by atoms with E-state index < -0.39 is 0 Å². The molecule has 0 aliphatic carbocycles. The van der Waals surface area contributed by atoms with Crippen molar-refractivity contribution in [3.8, 4) is 6.07 Å². The van der Waals surface area contributed by atoms with Gasteiger partial charge in [0.2, 0.25) is 0 Å². The van der Waals surface area contributed by atoms with Crippen LogP contribution in [-0.2, 0) is 0 Å². The molecule has 0 aromatic carbocycles. The lowest BCUT2D eigenvalue weighted by atomic mass is 10.3. The molecule has 0 unspecified atom stereocenters. The molecular formula is C7H7N3S. The number of aromatic nitrogens is 1. The van der Waals surface area contributed by atoms with Crippen molar-refractivity contribution in [2.75, 3.05) is 11.0 Å². The van der Waals surface area contributed by atoms with Crippen LogP contribution in [0.15, 0.2) is 18.3 Å². The van der Waals surface area contributed by atoms with Crippen molar-refractivity contribution in [1.82, 2.24) is 4.98 Å². The molecule has 1 heterocycles. The van der Waals surface area contributed by atoms with Crippen LogP contribution < -0.4 is 4.72 Å². The van der Waals surface area contributed by atoms with E-state index in [9.17, 15) is 0 Å². The minimum absolute atomic E-state index is 0.622. The Morgan fingerprint density at radius 2 is 2.55 bits per heavy atom. The summed E-state index contributed by atoms with van der Waals surface area (Å²) in [6, 6.07) is 5.41. The van der Waals surface area contributed by atoms with Crippen molar-refractivity contribution in [3.05, 3.63) is 23.9 Å². The number of nitrogens with one attached hydrogen (secondary N) is 1. The normalized spacial score (nSPS) is 8.73. The van der Waals surface area contributed by atoms with Gasteiger partial charge in [-0.15, -0.1) is 0 Å². The van der Waals surface area contributed by atoms with E-state index >= 15 is 0 Å². The fraction of sp³-hybridized carbons (Fsp3) is 0.143. The molecule has 1 N–H and O–H groups in total. The number of rotatable bonds is 2. The summed E-state index contributed by atoms with van der Waals surface area (Å²) < 4.78 is 2.94. The zero-order chi connectivity index (χ0) is 8.10. The predicted molar refractivity (Wildman–Crippen MR) is 46.1 cm³/mol. The lowest BCUT2D eigenvalue weighted by Gasteiger charge is -1.98. The summed E-state index contributed by atoms with van der Waals surface area (Å²) in [4.78, 5) is 3.99. The summed E-state index contributed by atoms with van der Waals surface area (Å²) in [5.74, 6) is 0.719. The van der Waals surface area contributed by atoms with E-state index in [0.29, 0.717) is 5.56 Å². The Balaban J connectivity index is 2.85. The first kappa shape index (κ1) is 7.89. The summed E-state index contributed by atoms with van der Waals surface area (Å²) >= 11 is 1.45. The maximum absolute atomic E-state index is 8.52. The minimum Gasteiger partial charge on any atom is -0.315 e. The van der Waals surface area contributed by atoms with Crippen LogP contribution in [0, 0.1) is 11.3 Å². The minimum atomic E-state index is 0.622. The fourth-order valence-electron chi connectivity index (χ4n) is 0.660. The van der Waals surface area contributed by atoms with E-state index in [1.807, 2.05) is 12.3 Å². The number of anilines is 1. The third-order valence-electron chi connectivity index (χ3n) is 1.10. The molecule has 0 saturated carbocycles. The monoisotopic (exact) mass is 165 g/mol. The molecule has 11 heavy (non-hydrogen) atoms. The fourth-order valence-corrected chi connectivity index (χ4v) is 0.981. The number of nitriles is 1. The Kier molecular flexibility index (Phi) is 2.75. The zero-order valence-electron chi connectivity index (χ0n) is 6.03. The summed E-state index contributed by atoms with van der Waals surface area (Å²) in [6.07, 6.45) is 3.51. The van der Waals surface area contributed by atoms with Gasteiger partial charge in [-0.3, -0.25) is 0 Å². The van der Waals surface area contributed by atoms with Gasteiger partial charge in [-0.2, -0.15) is 5.26 Å². The van der Waals surface area contributed by atoms with Crippen LogP contribution >= 0.6 is 11.9 Å². The van der Waals surface area contributed by atoms with E-state index in [2.05, 4.69) is 9.71 Å². The van der Waals surface area contributed by atoms with Gasteiger partial charge in [0.05, 0.1) is 11.6 Å². The van der Waals surface area contributed by atoms with Crippen molar-refractivity contribution >= 4 is 17.8 Å². The first-order valence-electron chi connectivity index (χ1n) is 3.02. The van der Waals surface area contributed by atoms with Crippen LogP contribution in [0.4, 0.5) is 5.82 Å². The molecular weight excluding hydrogens is 158 g/mol. The van der Waals surface area contributed by atoms with Crippen molar-refractivity contribution in [1.29, 1.82) is 5.26 Å². The van der Waals surface area contributed by atoms with Gasteiger partial charge in [-0.1, -0.05) is 11.9 Å². The molecule has 0 atom stereocenters. The Bertz CT molecular complexity index is 279. The first-order chi connectivity index (χ1) is 5.36. The van der Waals surface area contributed by atoms with Gasteiger partial charge >= 0.3 is 0 Å². The van der Waals surface area contributed by atoms with E-state index in [0.717, 1.165) is 5.82 Å². The molecule has 0 fully saturated rings. The number of hydrogen-bond acceptors (Lipinski definition) is 4. The van der Waals surface area contributed by atoms with Crippen LogP contribution in [-0.4, -0.2) is 11.2 Å². The highest BCUT2D eigenvalue weighted by Gasteiger charge is 1.92. The summed E-state index contributed by atoms with van der Waals surface area (Å²) in [5, 5.41) is 8.52. The Hall–Kier alpha value is -1.21. The third-order valence-corrected chi connectivity index (χ3v) is 1.51. The summed E-state index contributed by atoms with van der Waals surface area (Å²) in [5.41, 5.74) is 0.622. The molecule has 0 aliphatic heterocycles. The van der Waals surface area contributed by atoms with Gasteiger partial charge < -0.3 is 4.72 Å². The quantitative estimate of drug-likeness (QED) is 0.677. The zero-order valence-corrected chi connectivity index (χ0v) is 6.85. The van der Waals surface area contributed by atoms with Crippen LogP contribution in [0.3, 0.4) is 0 Å². The Morgan fingerprint density at radius 1 is 1.73 bits per heavy atom. The Morgan fingerprint density at radius 3 is 3.18 bits per heavy atom. The van der Waals surface area contributed by atoms with Crippen LogP contribution in [0.5, 0.6) is 0 Å². The third kappa shape index (κ3) is 2.13. The van der Waals surface area contributed by atoms with E-state index in [1.54, 1.807) is 18.3 Å². The van der Waals surface area contributed by atoms with Crippen molar-refractivity contribution < 1.29 is 0 Å². The number of nitrogens with zero attached hydrogens (tertiary/aromatic N) is 2. The van der Waals surface area contributed by atoms with E-state index in [-0.39, 0.29) is 0 Å². The molecule has 0 spiro atoms. The van der Waals surface area contributed by atoms with E-state index in [4.69, 9.17) is 5.26 Å².